The second-order valence-corrected chi connectivity index (χ2v) is 4.98. The summed E-state index contributed by atoms with van der Waals surface area (Å²) in [6, 6.07) is -0.518. The van der Waals surface area contributed by atoms with Gasteiger partial charge in [-0.3, -0.25) is 0 Å². The van der Waals surface area contributed by atoms with Gasteiger partial charge in [-0.05, 0) is 13.0 Å². The molecule has 0 saturated heterocycles. The van der Waals surface area contributed by atoms with Gasteiger partial charge in [0.25, 0.3) is 5.79 Å². The summed E-state index contributed by atoms with van der Waals surface area (Å²) >= 11 is 0. The van der Waals surface area contributed by atoms with Crippen molar-refractivity contribution in [3.8, 4) is 0 Å². The normalized spacial score (nSPS) is 27.8. The van der Waals surface area contributed by atoms with E-state index in [1.54, 1.807) is 0 Å². The SMILES string of the molecule is CC1(F)N=C(c2cc(F)c(F)c(F)c2F)C(F)(F)C(F)(F)C1(F)F. The van der Waals surface area contributed by atoms with Gasteiger partial charge in [0.1, 0.15) is 5.71 Å². The quantitative estimate of drug-likeness (QED) is 0.295. The molecule has 1 aromatic carbocycles. The molecule has 2 rings (SSSR count). The van der Waals surface area contributed by atoms with Crippen LogP contribution in [0.5, 0.6) is 0 Å². The minimum absolute atomic E-state index is 0.315. The van der Waals surface area contributed by atoms with Crippen LogP contribution in [0.3, 0.4) is 0 Å². The summed E-state index contributed by atoms with van der Waals surface area (Å²) in [4.78, 5) is 2.03. The Morgan fingerprint density at radius 3 is 1.75 bits per heavy atom. The van der Waals surface area contributed by atoms with Gasteiger partial charge in [0.2, 0.25) is 0 Å². The number of benzene rings is 1. The first-order valence-electron chi connectivity index (χ1n) is 5.85. The maximum atomic E-state index is 13.7. The van der Waals surface area contributed by atoms with Gasteiger partial charge in [-0.15, -0.1) is 0 Å². The second kappa shape index (κ2) is 4.82. The third-order valence-electron chi connectivity index (χ3n) is 3.34. The Morgan fingerprint density at radius 2 is 1.25 bits per heavy atom. The number of rotatable bonds is 1. The zero-order valence-corrected chi connectivity index (χ0v) is 11.2. The number of aliphatic imine (C=N–C) groups is 1. The fourth-order valence-corrected chi connectivity index (χ4v) is 1.96. The standard InChI is InChI=1S/C12H4F11N/c1-9(17)11(20,21)12(22,23)10(18,19)8(24-9)3-2-4(13)6(15)7(16)5(3)14/h2H,1H3. The van der Waals surface area contributed by atoms with Gasteiger partial charge in [-0.1, -0.05) is 0 Å². The van der Waals surface area contributed by atoms with Crippen molar-refractivity contribution >= 4 is 5.71 Å². The Bertz CT molecular complexity index is 735. The molecule has 134 valence electrons. The lowest BCUT2D eigenvalue weighted by Gasteiger charge is -2.42. The van der Waals surface area contributed by atoms with Crippen LogP contribution in [0, 0.1) is 23.3 Å². The van der Waals surface area contributed by atoms with E-state index in [0.29, 0.717) is 0 Å². The van der Waals surface area contributed by atoms with E-state index in [4.69, 9.17) is 0 Å². The molecule has 12 heteroatoms. The minimum Gasteiger partial charge on any atom is -0.238 e. The largest absolute Gasteiger partial charge is 0.383 e. The lowest BCUT2D eigenvalue weighted by Crippen LogP contribution is -2.68. The molecule has 0 spiro atoms. The first-order chi connectivity index (χ1) is 10.6. The van der Waals surface area contributed by atoms with E-state index >= 15 is 0 Å². The van der Waals surface area contributed by atoms with Crippen molar-refractivity contribution in [2.75, 3.05) is 0 Å². The van der Waals surface area contributed by atoms with Gasteiger partial charge in [-0.2, -0.15) is 26.3 Å². The average Bonchev–Trinajstić information content (AvgIpc) is 2.45. The summed E-state index contributed by atoms with van der Waals surface area (Å²) in [5.41, 5.74) is -4.80. The van der Waals surface area contributed by atoms with Crippen LogP contribution in [0.25, 0.3) is 0 Å². The molecule has 1 atom stereocenters. The highest BCUT2D eigenvalue weighted by Gasteiger charge is 2.83. The van der Waals surface area contributed by atoms with Crippen molar-refractivity contribution in [3.05, 3.63) is 34.9 Å². The fraction of sp³-hybridized carbons (Fsp3) is 0.417. The zero-order valence-electron chi connectivity index (χ0n) is 11.2. The molecule has 0 radical (unpaired) electrons. The van der Waals surface area contributed by atoms with Crippen LogP contribution in [-0.4, -0.2) is 29.3 Å². The summed E-state index contributed by atoms with van der Waals surface area (Å²) in [6.07, 6.45) is 0. The highest BCUT2D eigenvalue weighted by Crippen LogP contribution is 2.57. The Kier molecular flexibility index (Phi) is 3.71. The first-order valence-corrected chi connectivity index (χ1v) is 5.85. The zero-order chi connectivity index (χ0) is 18.9. The minimum atomic E-state index is -6.42. The molecule has 0 bridgehead atoms. The molecule has 0 aliphatic carbocycles. The second-order valence-electron chi connectivity index (χ2n) is 4.98. The average molecular weight is 371 g/mol. The van der Waals surface area contributed by atoms with E-state index in [9.17, 15) is 48.3 Å². The third kappa shape index (κ3) is 2.04. The molecule has 1 aliphatic heterocycles. The van der Waals surface area contributed by atoms with Crippen molar-refractivity contribution in [1.29, 1.82) is 0 Å². The molecule has 0 aromatic heterocycles. The maximum absolute atomic E-state index is 13.7. The van der Waals surface area contributed by atoms with Crippen LogP contribution in [-0.2, 0) is 0 Å². The predicted octanol–water partition coefficient (Wildman–Crippen LogP) is 4.64. The van der Waals surface area contributed by atoms with E-state index in [1.165, 1.54) is 0 Å². The van der Waals surface area contributed by atoms with Crippen LogP contribution in [0.4, 0.5) is 48.3 Å². The monoisotopic (exact) mass is 371 g/mol. The lowest BCUT2D eigenvalue weighted by molar-refractivity contribution is -0.329. The fourth-order valence-electron chi connectivity index (χ4n) is 1.96. The van der Waals surface area contributed by atoms with Gasteiger partial charge in [-0.25, -0.2) is 26.9 Å². The van der Waals surface area contributed by atoms with Crippen LogP contribution < -0.4 is 0 Å². The van der Waals surface area contributed by atoms with Crippen LogP contribution >= 0.6 is 0 Å². The van der Waals surface area contributed by atoms with Gasteiger partial charge >= 0.3 is 17.8 Å². The summed E-state index contributed by atoms with van der Waals surface area (Å²) in [6.45, 7) is -0.315. The molecule has 0 saturated carbocycles. The molecule has 0 N–H and O–H groups in total. The van der Waals surface area contributed by atoms with Crippen LogP contribution in [0.1, 0.15) is 12.5 Å². The molecule has 1 unspecified atom stereocenters. The lowest BCUT2D eigenvalue weighted by atomic mass is 9.87. The summed E-state index contributed by atoms with van der Waals surface area (Å²) in [5.74, 6) is -33.2. The highest BCUT2D eigenvalue weighted by atomic mass is 19.3. The molecular weight excluding hydrogens is 367 g/mol. The molecule has 0 amide bonds. The Hall–Kier alpha value is -1.88. The Labute approximate surface area is 125 Å². The number of nitrogens with zero attached hydrogens (tertiary/aromatic N) is 1. The number of hydrogen-bond donors (Lipinski definition) is 0. The van der Waals surface area contributed by atoms with E-state index in [2.05, 4.69) is 0 Å². The van der Waals surface area contributed by atoms with Crippen molar-refractivity contribution in [2.45, 2.75) is 30.5 Å². The van der Waals surface area contributed by atoms with Gasteiger partial charge in [0.05, 0.1) is 0 Å². The summed E-state index contributed by atoms with van der Waals surface area (Å²) in [5, 5.41) is 0. The molecule has 1 aliphatic rings. The van der Waals surface area contributed by atoms with Crippen molar-refractivity contribution in [2.24, 2.45) is 4.99 Å². The molecule has 24 heavy (non-hydrogen) atoms. The molecule has 0 fully saturated rings. The maximum Gasteiger partial charge on any atom is 0.383 e. The van der Waals surface area contributed by atoms with Gasteiger partial charge in [0.15, 0.2) is 23.3 Å². The van der Waals surface area contributed by atoms with E-state index in [1.807, 2.05) is 4.99 Å². The van der Waals surface area contributed by atoms with Crippen molar-refractivity contribution in [3.63, 3.8) is 0 Å². The predicted molar refractivity (Wildman–Crippen MR) is 57.2 cm³/mol. The smallest absolute Gasteiger partial charge is 0.238 e. The van der Waals surface area contributed by atoms with E-state index in [0.717, 1.165) is 0 Å². The Balaban J connectivity index is 2.87. The van der Waals surface area contributed by atoms with E-state index in [-0.39, 0.29) is 6.92 Å². The Morgan fingerprint density at radius 1 is 0.750 bits per heavy atom. The van der Waals surface area contributed by atoms with Gasteiger partial charge in [0, 0.05) is 5.56 Å². The van der Waals surface area contributed by atoms with Crippen LogP contribution in [0.2, 0.25) is 0 Å². The molecule has 1 aromatic rings. The van der Waals surface area contributed by atoms with Crippen molar-refractivity contribution < 1.29 is 48.3 Å². The molecule has 1 heterocycles. The topological polar surface area (TPSA) is 12.4 Å². The first kappa shape index (κ1) is 18.5. The highest BCUT2D eigenvalue weighted by molar-refractivity contribution is 6.07. The van der Waals surface area contributed by atoms with Crippen molar-refractivity contribution in [1.82, 2.24) is 0 Å². The summed E-state index contributed by atoms with van der Waals surface area (Å²) in [7, 11) is 0. The van der Waals surface area contributed by atoms with E-state index < -0.39 is 64.2 Å². The molecule has 1 nitrogen and oxygen atoms in total. The number of alkyl halides is 7. The van der Waals surface area contributed by atoms with Crippen LogP contribution in [0.15, 0.2) is 11.1 Å². The third-order valence-corrected chi connectivity index (χ3v) is 3.34. The summed E-state index contributed by atoms with van der Waals surface area (Å²) < 4.78 is 147. The number of halogens is 11. The number of hydrogen-bond acceptors (Lipinski definition) is 1. The van der Waals surface area contributed by atoms with Gasteiger partial charge < -0.3 is 0 Å². The molecular formula is C12H4F11N.